The highest BCUT2D eigenvalue weighted by Crippen LogP contribution is 1.98. The van der Waals surface area contributed by atoms with E-state index in [4.69, 9.17) is 19.5 Å². The number of hydrogen-bond donors (Lipinski definition) is 2. The van der Waals surface area contributed by atoms with Gasteiger partial charge in [-0.2, -0.15) is 5.10 Å². The predicted molar refractivity (Wildman–Crippen MR) is 55.0 cm³/mol. The third-order valence-corrected chi connectivity index (χ3v) is 1.80. The highest BCUT2D eigenvalue weighted by molar-refractivity contribution is 6.60. The Morgan fingerprint density at radius 2 is 2.31 bits per heavy atom. The molecule has 7 nitrogen and oxygen atoms in total. The molecule has 0 spiro atoms. The highest BCUT2D eigenvalue weighted by atomic mass is 16.5. The molecule has 1 rings (SSSR count). The Morgan fingerprint density at radius 1 is 1.62 bits per heavy atom. The summed E-state index contributed by atoms with van der Waals surface area (Å²) in [6, 6.07) is 0. The van der Waals surface area contributed by atoms with Gasteiger partial charge in [0.2, 0.25) is 0 Å². The monoisotopic (exact) mass is 228 g/mol. The molecule has 16 heavy (non-hydrogen) atoms. The van der Waals surface area contributed by atoms with E-state index in [0.717, 1.165) is 0 Å². The Balaban J connectivity index is 2.99. The Hall–Kier alpha value is -1.38. The van der Waals surface area contributed by atoms with E-state index in [0.29, 0.717) is 0 Å². The van der Waals surface area contributed by atoms with Gasteiger partial charge >= 0.3 is 13.1 Å². The maximum absolute atomic E-state index is 11.4. The first kappa shape index (κ1) is 12.7. The SMILES string of the molecule is CCOC(=O)c1nn(COC)cc1B(O)O. The lowest BCUT2D eigenvalue weighted by molar-refractivity contribution is 0.0516. The quantitative estimate of drug-likeness (QED) is 0.463. The highest BCUT2D eigenvalue weighted by Gasteiger charge is 2.25. The number of ether oxygens (including phenoxy) is 2. The van der Waals surface area contributed by atoms with Crippen LogP contribution in [0.3, 0.4) is 0 Å². The van der Waals surface area contributed by atoms with Gasteiger partial charge in [0.25, 0.3) is 0 Å². The summed E-state index contributed by atoms with van der Waals surface area (Å²) in [6.45, 7) is 1.95. The molecule has 0 saturated heterocycles. The average Bonchev–Trinajstić information content (AvgIpc) is 2.63. The molecular weight excluding hydrogens is 215 g/mol. The molecule has 88 valence electrons. The summed E-state index contributed by atoms with van der Waals surface area (Å²) in [5.41, 5.74) is -0.121. The van der Waals surface area contributed by atoms with Gasteiger partial charge in [-0.1, -0.05) is 0 Å². The van der Waals surface area contributed by atoms with Crippen molar-refractivity contribution < 1.29 is 24.3 Å². The van der Waals surface area contributed by atoms with E-state index in [9.17, 15) is 4.79 Å². The fourth-order valence-corrected chi connectivity index (χ4v) is 1.18. The minimum absolute atomic E-state index is 0.00417. The topological polar surface area (TPSA) is 93.8 Å². The fourth-order valence-electron chi connectivity index (χ4n) is 1.18. The summed E-state index contributed by atoms with van der Waals surface area (Å²) < 4.78 is 10.8. The fraction of sp³-hybridized carbons (Fsp3) is 0.500. The van der Waals surface area contributed by atoms with E-state index in [1.165, 1.54) is 18.0 Å². The third-order valence-electron chi connectivity index (χ3n) is 1.80. The maximum atomic E-state index is 11.4. The van der Waals surface area contributed by atoms with Crippen LogP contribution in [0.4, 0.5) is 0 Å². The first-order valence-corrected chi connectivity index (χ1v) is 4.69. The number of esters is 1. The van der Waals surface area contributed by atoms with E-state index in [-0.39, 0.29) is 24.5 Å². The number of methoxy groups -OCH3 is 1. The van der Waals surface area contributed by atoms with Crippen molar-refractivity contribution in [1.29, 1.82) is 0 Å². The number of hydrogen-bond acceptors (Lipinski definition) is 6. The molecule has 0 aliphatic heterocycles. The van der Waals surface area contributed by atoms with Gasteiger partial charge in [0, 0.05) is 18.8 Å². The molecule has 0 aliphatic carbocycles. The van der Waals surface area contributed by atoms with Gasteiger partial charge in [-0.05, 0) is 6.92 Å². The van der Waals surface area contributed by atoms with Crippen LogP contribution in [-0.4, -0.2) is 46.6 Å². The zero-order valence-corrected chi connectivity index (χ0v) is 9.08. The number of nitrogens with zero attached hydrogens (tertiary/aromatic N) is 2. The van der Waals surface area contributed by atoms with Crippen LogP contribution in [0.2, 0.25) is 0 Å². The van der Waals surface area contributed by atoms with Gasteiger partial charge in [0.1, 0.15) is 6.73 Å². The normalized spacial score (nSPS) is 10.2. The van der Waals surface area contributed by atoms with Crippen molar-refractivity contribution in [3.05, 3.63) is 11.9 Å². The van der Waals surface area contributed by atoms with Crippen LogP contribution in [0.25, 0.3) is 0 Å². The minimum Gasteiger partial charge on any atom is -0.461 e. The van der Waals surface area contributed by atoms with Crippen molar-refractivity contribution in [2.75, 3.05) is 13.7 Å². The van der Waals surface area contributed by atoms with Gasteiger partial charge in [-0.25, -0.2) is 9.48 Å². The standard InChI is InChI=1S/C8H13BN2O5/c1-3-16-8(12)7-6(9(13)14)4-11(10-7)5-15-2/h4,13-14H,3,5H2,1-2H3. The Kier molecular flexibility index (Phi) is 4.47. The van der Waals surface area contributed by atoms with Crippen molar-refractivity contribution in [1.82, 2.24) is 9.78 Å². The maximum Gasteiger partial charge on any atom is 0.492 e. The van der Waals surface area contributed by atoms with Crippen LogP contribution < -0.4 is 5.46 Å². The molecule has 1 heterocycles. The van der Waals surface area contributed by atoms with E-state index in [1.54, 1.807) is 6.92 Å². The second kappa shape index (κ2) is 5.64. The Labute approximate surface area is 92.7 Å². The van der Waals surface area contributed by atoms with Gasteiger partial charge < -0.3 is 19.5 Å². The second-order valence-electron chi connectivity index (χ2n) is 2.98. The van der Waals surface area contributed by atoms with Crippen LogP contribution >= 0.6 is 0 Å². The molecule has 8 heteroatoms. The lowest BCUT2D eigenvalue weighted by atomic mass is 9.80. The largest absolute Gasteiger partial charge is 0.492 e. The lowest BCUT2D eigenvalue weighted by Crippen LogP contribution is -2.33. The summed E-state index contributed by atoms with van der Waals surface area (Å²) >= 11 is 0. The smallest absolute Gasteiger partial charge is 0.461 e. The van der Waals surface area contributed by atoms with Crippen molar-refractivity contribution >= 4 is 18.6 Å². The molecule has 0 aliphatic rings. The first-order chi connectivity index (χ1) is 7.60. The van der Waals surface area contributed by atoms with Crippen LogP contribution in [0.1, 0.15) is 17.4 Å². The zero-order chi connectivity index (χ0) is 12.1. The van der Waals surface area contributed by atoms with Gasteiger partial charge in [0.15, 0.2) is 5.69 Å². The minimum atomic E-state index is -1.77. The summed E-state index contributed by atoms with van der Waals surface area (Å²) in [5, 5.41) is 22.0. The molecule has 1 aromatic heterocycles. The molecule has 0 bridgehead atoms. The molecular formula is C8H13BN2O5. The second-order valence-corrected chi connectivity index (χ2v) is 2.98. The predicted octanol–water partition coefficient (Wildman–Crippen LogP) is -1.66. The van der Waals surface area contributed by atoms with Crippen molar-refractivity contribution in [3.8, 4) is 0 Å². The van der Waals surface area contributed by atoms with E-state index in [2.05, 4.69) is 5.10 Å². The van der Waals surface area contributed by atoms with E-state index >= 15 is 0 Å². The molecule has 0 unspecified atom stereocenters. The third kappa shape index (κ3) is 2.81. The molecule has 0 atom stereocenters. The van der Waals surface area contributed by atoms with Crippen molar-refractivity contribution in [2.45, 2.75) is 13.7 Å². The van der Waals surface area contributed by atoms with Crippen molar-refractivity contribution in [3.63, 3.8) is 0 Å². The zero-order valence-electron chi connectivity index (χ0n) is 9.08. The molecule has 0 amide bonds. The molecule has 0 fully saturated rings. The lowest BCUT2D eigenvalue weighted by Gasteiger charge is -2.00. The first-order valence-electron chi connectivity index (χ1n) is 4.69. The van der Waals surface area contributed by atoms with E-state index < -0.39 is 13.1 Å². The van der Waals surface area contributed by atoms with E-state index in [1.807, 2.05) is 0 Å². The number of rotatable bonds is 5. The van der Waals surface area contributed by atoms with Gasteiger partial charge in [-0.15, -0.1) is 0 Å². The van der Waals surface area contributed by atoms with Crippen LogP contribution in [-0.2, 0) is 16.2 Å². The van der Waals surface area contributed by atoms with Crippen molar-refractivity contribution in [2.24, 2.45) is 0 Å². The van der Waals surface area contributed by atoms with Gasteiger partial charge in [0.05, 0.1) is 6.61 Å². The molecule has 0 aromatic carbocycles. The van der Waals surface area contributed by atoms with Crippen LogP contribution in [0.5, 0.6) is 0 Å². The molecule has 2 N–H and O–H groups in total. The number of carbonyl (C=O) groups is 1. The summed E-state index contributed by atoms with van der Waals surface area (Å²) in [6.07, 6.45) is 1.32. The molecule has 0 saturated carbocycles. The Morgan fingerprint density at radius 3 is 2.81 bits per heavy atom. The van der Waals surface area contributed by atoms with Crippen LogP contribution in [0.15, 0.2) is 6.20 Å². The summed E-state index contributed by atoms with van der Waals surface area (Å²) in [4.78, 5) is 11.4. The molecule has 1 aromatic rings. The Bertz CT molecular complexity index is 365. The summed E-state index contributed by atoms with van der Waals surface area (Å²) in [7, 11) is -0.314. The molecule has 0 radical (unpaired) electrons. The number of carbonyl (C=O) groups excluding carboxylic acids is 1. The van der Waals surface area contributed by atoms with Crippen LogP contribution in [0, 0.1) is 0 Å². The number of aromatic nitrogens is 2. The summed E-state index contributed by atoms with van der Waals surface area (Å²) in [5.74, 6) is -0.694. The average molecular weight is 228 g/mol. The van der Waals surface area contributed by atoms with Gasteiger partial charge in [-0.3, -0.25) is 0 Å².